The highest BCUT2D eigenvalue weighted by molar-refractivity contribution is 6.31. The van der Waals surface area contributed by atoms with Gasteiger partial charge in [-0.3, -0.25) is 4.79 Å². The number of oxime groups is 1. The van der Waals surface area contributed by atoms with Crippen LogP contribution in [0.15, 0.2) is 78.0 Å². The Labute approximate surface area is 185 Å². The molecule has 1 aliphatic heterocycles. The minimum Gasteiger partial charge on any atom is -0.390 e. The second-order valence-electron chi connectivity index (χ2n) is 7.62. The molecule has 3 aromatic rings. The van der Waals surface area contributed by atoms with E-state index in [9.17, 15) is 9.18 Å². The molecule has 1 aliphatic rings. The van der Waals surface area contributed by atoms with Crippen molar-refractivity contribution in [3.63, 3.8) is 0 Å². The molecule has 0 aliphatic carbocycles. The van der Waals surface area contributed by atoms with Gasteiger partial charge in [0.25, 0.3) is 5.91 Å². The fourth-order valence-electron chi connectivity index (χ4n) is 3.54. The van der Waals surface area contributed by atoms with Crippen LogP contribution in [0, 0.1) is 12.7 Å². The maximum Gasteiger partial charge on any atom is 0.254 e. The highest BCUT2D eigenvalue weighted by atomic mass is 35.5. The first kappa shape index (κ1) is 21.1. The number of nitrogens with zero attached hydrogens (tertiary/aromatic N) is 2. The van der Waals surface area contributed by atoms with Crippen molar-refractivity contribution in [1.82, 2.24) is 4.90 Å². The zero-order chi connectivity index (χ0) is 21.8. The molecule has 0 bridgehead atoms. The number of carbonyl (C=O) groups excluding carboxylic acids is 1. The maximum atomic E-state index is 13.7. The van der Waals surface area contributed by atoms with Crippen molar-refractivity contribution in [3.05, 3.63) is 106 Å². The molecule has 0 saturated heterocycles. The van der Waals surface area contributed by atoms with E-state index in [1.165, 1.54) is 23.8 Å². The summed E-state index contributed by atoms with van der Waals surface area (Å²) >= 11 is 6.32. The van der Waals surface area contributed by atoms with Crippen molar-refractivity contribution < 1.29 is 14.0 Å². The number of aryl methyl sites for hydroxylation is 1. The average molecular weight is 437 g/mol. The van der Waals surface area contributed by atoms with E-state index in [2.05, 4.69) is 5.16 Å². The molecule has 4 nitrogen and oxygen atoms in total. The van der Waals surface area contributed by atoms with Crippen molar-refractivity contribution in [2.24, 2.45) is 5.16 Å². The molecule has 1 heterocycles. The summed E-state index contributed by atoms with van der Waals surface area (Å²) in [5.41, 5.74) is 4.12. The molecule has 0 aromatic heterocycles. The van der Waals surface area contributed by atoms with Gasteiger partial charge in [0, 0.05) is 23.6 Å². The monoisotopic (exact) mass is 436 g/mol. The largest absolute Gasteiger partial charge is 0.390 e. The summed E-state index contributed by atoms with van der Waals surface area (Å²) in [6.07, 6.45) is 0.287. The number of amides is 1. The summed E-state index contributed by atoms with van der Waals surface area (Å²) in [7, 11) is 0. The van der Waals surface area contributed by atoms with E-state index in [1.807, 2.05) is 49.4 Å². The Kier molecular flexibility index (Phi) is 6.33. The molecule has 158 valence electrons. The lowest BCUT2D eigenvalue weighted by molar-refractivity contribution is 0.0405. The van der Waals surface area contributed by atoms with E-state index in [0.717, 1.165) is 16.8 Å². The molecule has 0 spiro atoms. The first-order valence-corrected chi connectivity index (χ1v) is 10.5. The van der Waals surface area contributed by atoms with Gasteiger partial charge in [0.2, 0.25) is 0 Å². The lowest BCUT2D eigenvalue weighted by Gasteiger charge is -2.25. The molecular formula is C25H22ClFN2O2. The topological polar surface area (TPSA) is 41.9 Å². The summed E-state index contributed by atoms with van der Waals surface area (Å²) in [6.45, 7) is 2.62. The number of rotatable bonds is 6. The Hall–Kier alpha value is -3.18. The van der Waals surface area contributed by atoms with Gasteiger partial charge in [-0.15, -0.1) is 0 Å². The highest BCUT2D eigenvalue weighted by Gasteiger charge is 2.28. The van der Waals surface area contributed by atoms with Gasteiger partial charge in [-0.2, -0.15) is 0 Å². The fourth-order valence-corrected chi connectivity index (χ4v) is 3.74. The second kappa shape index (κ2) is 9.31. The predicted octanol–water partition coefficient (Wildman–Crippen LogP) is 5.62. The average Bonchev–Trinajstić information content (AvgIpc) is 3.23. The van der Waals surface area contributed by atoms with E-state index in [1.54, 1.807) is 17.0 Å². The van der Waals surface area contributed by atoms with Gasteiger partial charge in [0.05, 0.1) is 12.3 Å². The van der Waals surface area contributed by atoms with Crippen LogP contribution in [-0.2, 0) is 11.4 Å². The lowest BCUT2D eigenvalue weighted by Crippen LogP contribution is -2.37. The standard InChI is InChI=1S/C25H22ClFN2O2/c1-17-9-11-18(12-10-17)24-14-22(31-28-24)16-29(15-20-5-2-3-8-23(20)26)25(30)19-6-4-7-21(27)13-19/h2-13,22H,14-16H2,1H3/t22-/m1/s1. The summed E-state index contributed by atoms with van der Waals surface area (Å²) in [5, 5.41) is 4.81. The Morgan fingerprint density at radius 2 is 1.90 bits per heavy atom. The van der Waals surface area contributed by atoms with Gasteiger partial charge in [0.1, 0.15) is 5.82 Å². The normalized spacial score (nSPS) is 15.3. The summed E-state index contributed by atoms with van der Waals surface area (Å²) in [6, 6.07) is 21.1. The van der Waals surface area contributed by atoms with Gasteiger partial charge in [0.15, 0.2) is 6.10 Å². The molecule has 6 heteroatoms. The van der Waals surface area contributed by atoms with Crippen LogP contribution >= 0.6 is 11.6 Å². The SMILES string of the molecule is Cc1ccc(C2=NO[C@@H](CN(Cc3ccccc3Cl)C(=O)c3cccc(F)c3)C2)cc1. The van der Waals surface area contributed by atoms with Crippen molar-refractivity contribution >= 4 is 23.2 Å². The number of halogens is 2. The molecule has 4 rings (SSSR count). The summed E-state index contributed by atoms with van der Waals surface area (Å²) < 4.78 is 13.7. The third-order valence-electron chi connectivity index (χ3n) is 5.22. The van der Waals surface area contributed by atoms with Crippen LogP contribution in [0.4, 0.5) is 4.39 Å². The lowest BCUT2D eigenvalue weighted by atomic mass is 10.0. The van der Waals surface area contributed by atoms with E-state index >= 15 is 0 Å². The van der Waals surface area contributed by atoms with Crippen LogP contribution in [0.3, 0.4) is 0 Å². The van der Waals surface area contributed by atoms with Crippen LogP contribution in [0.5, 0.6) is 0 Å². The number of carbonyl (C=O) groups is 1. The molecule has 31 heavy (non-hydrogen) atoms. The van der Waals surface area contributed by atoms with Crippen molar-refractivity contribution in [3.8, 4) is 0 Å². The van der Waals surface area contributed by atoms with Crippen molar-refractivity contribution in [2.45, 2.75) is 26.0 Å². The van der Waals surface area contributed by atoms with Gasteiger partial charge in [-0.25, -0.2) is 4.39 Å². The Morgan fingerprint density at radius 3 is 2.65 bits per heavy atom. The highest BCUT2D eigenvalue weighted by Crippen LogP contribution is 2.22. The molecule has 3 aromatic carbocycles. The molecule has 0 radical (unpaired) electrons. The Balaban J connectivity index is 1.53. The first-order valence-electron chi connectivity index (χ1n) is 10.1. The van der Waals surface area contributed by atoms with E-state index in [4.69, 9.17) is 16.4 Å². The molecule has 1 atom stereocenters. The van der Waals surface area contributed by atoms with Crippen LogP contribution in [0.2, 0.25) is 5.02 Å². The molecule has 0 fully saturated rings. The first-order chi connectivity index (χ1) is 15.0. The van der Waals surface area contributed by atoms with Crippen LogP contribution in [0.1, 0.15) is 33.5 Å². The molecule has 1 amide bonds. The van der Waals surface area contributed by atoms with E-state index < -0.39 is 5.82 Å². The maximum absolute atomic E-state index is 13.7. The Bertz CT molecular complexity index is 1110. The fraction of sp³-hybridized carbons (Fsp3) is 0.200. The molecule has 0 N–H and O–H groups in total. The van der Waals surface area contributed by atoms with Gasteiger partial charge < -0.3 is 9.74 Å². The zero-order valence-corrected chi connectivity index (χ0v) is 17.8. The minimum atomic E-state index is -0.453. The van der Waals surface area contributed by atoms with Crippen LogP contribution < -0.4 is 0 Å². The third-order valence-corrected chi connectivity index (χ3v) is 5.59. The summed E-state index contributed by atoms with van der Waals surface area (Å²) in [4.78, 5) is 20.5. The van der Waals surface area contributed by atoms with Crippen LogP contribution in [0.25, 0.3) is 0 Å². The number of benzene rings is 3. The second-order valence-corrected chi connectivity index (χ2v) is 8.03. The Morgan fingerprint density at radius 1 is 1.13 bits per heavy atom. The summed E-state index contributed by atoms with van der Waals surface area (Å²) in [5.74, 6) is -0.738. The van der Waals surface area contributed by atoms with Crippen molar-refractivity contribution in [1.29, 1.82) is 0 Å². The van der Waals surface area contributed by atoms with Gasteiger partial charge in [-0.1, -0.05) is 70.9 Å². The third kappa shape index (κ3) is 5.12. The smallest absolute Gasteiger partial charge is 0.254 e. The number of hydrogen-bond donors (Lipinski definition) is 0. The minimum absolute atomic E-state index is 0.282. The predicted molar refractivity (Wildman–Crippen MR) is 120 cm³/mol. The van der Waals surface area contributed by atoms with E-state index in [0.29, 0.717) is 18.0 Å². The quantitative estimate of drug-likeness (QED) is 0.503. The van der Waals surface area contributed by atoms with E-state index in [-0.39, 0.29) is 24.1 Å². The number of hydrogen-bond acceptors (Lipinski definition) is 3. The molecular weight excluding hydrogens is 415 g/mol. The molecule has 0 saturated carbocycles. The van der Waals surface area contributed by atoms with Crippen LogP contribution in [-0.4, -0.2) is 29.2 Å². The van der Waals surface area contributed by atoms with Crippen molar-refractivity contribution in [2.75, 3.05) is 6.54 Å². The molecule has 0 unspecified atom stereocenters. The van der Waals surface area contributed by atoms with Gasteiger partial charge in [-0.05, 0) is 42.3 Å². The van der Waals surface area contributed by atoms with Gasteiger partial charge >= 0.3 is 0 Å². The zero-order valence-electron chi connectivity index (χ0n) is 17.1.